The summed E-state index contributed by atoms with van der Waals surface area (Å²) in [5, 5.41) is 10.3. The maximum Gasteiger partial charge on any atom is 0.319 e. The number of carbonyl (C=O) groups excluding carboxylic acids is 1. The predicted octanol–water partition coefficient (Wildman–Crippen LogP) is 4.10. The van der Waals surface area contributed by atoms with Crippen LogP contribution >= 0.6 is 11.6 Å². The molecule has 0 aliphatic carbocycles. The zero-order valence-electron chi connectivity index (χ0n) is 20.6. The number of anilines is 1. The Morgan fingerprint density at radius 1 is 1.15 bits per heavy atom. The second-order valence-electron chi connectivity index (χ2n) is 9.34. The van der Waals surface area contributed by atoms with Gasteiger partial charge in [-0.1, -0.05) is 24.2 Å². The van der Waals surface area contributed by atoms with Gasteiger partial charge in [0.1, 0.15) is 29.5 Å². The molecule has 2 aliphatic rings. The van der Waals surface area contributed by atoms with Crippen molar-refractivity contribution in [2.24, 2.45) is 0 Å². The van der Waals surface area contributed by atoms with Crippen LogP contribution in [0.25, 0.3) is 22.0 Å². The number of amides is 1. The van der Waals surface area contributed by atoms with Crippen LogP contribution < -0.4 is 9.64 Å². The third-order valence-corrected chi connectivity index (χ3v) is 7.00. The molecule has 3 aromatic rings. The van der Waals surface area contributed by atoms with Gasteiger partial charge in [0, 0.05) is 43.7 Å². The largest absolute Gasteiger partial charge is 0.507 e. The van der Waals surface area contributed by atoms with E-state index in [1.165, 1.54) is 29.2 Å². The first-order valence-corrected chi connectivity index (χ1v) is 12.5. The van der Waals surface area contributed by atoms with E-state index in [1.54, 1.807) is 4.90 Å². The summed E-state index contributed by atoms with van der Waals surface area (Å²) in [5.41, 5.74) is -1.02. The van der Waals surface area contributed by atoms with Gasteiger partial charge in [-0.3, -0.25) is 9.69 Å². The van der Waals surface area contributed by atoms with Crippen molar-refractivity contribution in [1.29, 1.82) is 0 Å². The number of carbonyl (C=O) groups is 1. The van der Waals surface area contributed by atoms with Gasteiger partial charge >= 0.3 is 6.01 Å². The van der Waals surface area contributed by atoms with Crippen molar-refractivity contribution in [2.45, 2.75) is 5.92 Å². The summed E-state index contributed by atoms with van der Waals surface area (Å²) in [5.74, 6) is -5.04. The Balaban J connectivity index is 1.53. The molecule has 3 heterocycles. The highest BCUT2D eigenvalue weighted by Crippen LogP contribution is 2.42. The number of aromatic hydroxyl groups is 1. The molecule has 1 aromatic heterocycles. The van der Waals surface area contributed by atoms with E-state index in [9.17, 15) is 23.1 Å². The van der Waals surface area contributed by atoms with E-state index in [1.807, 2.05) is 4.90 Å². The average Bonchev–Trinajstić information content (AvgIpc) is 2.89. The van der Waals surface area contributed by atoms with Gasteiger partial charge in [-0.2, -0.15) is 9.97 Å². The first kappa shape index (κ1) is 26.9. The third-order valence-electron chi connectivity index (χ3n) is 6.70. The average molecular weight is 566 g/mol. The summed E-state index contributed by atoms with van der Waals surface area (Å²) >= 11 is 6.43. The van der Waals surface area contributed by atoms with E-state index in [2.05, 4.69) is 16.5 Å². The summed E-state index contributed by atoms with van der Waals surface area (Å²) in [6, 6.07) is 4.74. The number of ether oxygens (including phenoxy) is 1. The molecular formula is C26H24ClF4N5O3. The molecule has 0 atom stereocenters. The van der Waals surface area contributed by atoms with Crippen molar-refractivity contribution in [3.63, 3.8) is 0 Å². The first-order valence-electron chi connectivity index (χ1n) is 12.1. The number of hydrogen-bond donors (Lipinski definition) is 1. The predicted molar refractivity (Wildman–Crippen MR) is 137 cm³/mol. The summed E-state index contributed by atoms with van der Waals surface area (Å²) < 4.78 is 62.6. The fourth-order valence-corrected chi connectivity index (χ4v) is 5.04. The van der Waals surface area contributed by atoms with Gasteiger partial charge in [-0.05, 0) is 24.3 Å². The van der Waals surface area contributed by atoms with Crippen molar-refractivity contribution in [2.75, 3.05) is 57.3 Å². The lowest BCUT2D eigenvalue weighted by molar-refractivity contribution is -0.132. The zero-order chi connectivity index (χ0) is 27.9. The van der Waals surface area contributed by atoms with Crippen LogP contribution in [0, 0.1) is 11.6 Å². The number of halogens is 5. The number of hydrogen-bond acceptors (Lipinski definition) is 7. The van der Waals surface area contributed by atoms with Crippen molar-refractivity contribution in [1.82, 2.24) is 19.8 Å². The van der Waals surface area contributed by atoms with Crippen LogP contribution in [0.1, 0.15) is 0 Å². The van der Waals surface area contributed by atoms with E-state index in [0.29, 0.717) is 26.2 Å². The molecule has 39 heavy (non-hydrogen) atoms. The maximum absolute atomic E-state index is 16.0. The normalized spacial score (nSPS) is 17.3. The molecule has 2 saturated heterocycles. The van der Waals surface area contributed by atoms with Crippen molar-refractivity contribution in [3.8, 4) is 22.9 Å². The molecule has 1 amide bonds. The van der Waals surface area contributed by atoms with Crippen LogP contribution in [-0.2, 0) is 4.79 Å². The first-order chi connectivity index (χ1) is 18.6. The van der Waals surface area contributed by atoms with Crippen LogP contribution in [0.3, 0.4) is 0 Å². The molecule has 0 radical (unpaired) electrons. The Labute approximate surface area is 226 Å². The number of aromatic nitrogens is 2. The van der Waals surface area contributed by atoms with Crippen LogP contribution in [0.2, 0.25) is 5.02 Å². The van der Waals surface area contributed by atoms with Crippen molar-refractivity contribution >= 4 is 34.2 Å². The van der Waals surface area contributed by atoms with E-state index in [0.717, 1.165) is 6.07 Å². The number of rotatable bonds is 7. The smallest absolute Gasteiger partial charge is 0.319 e. The number of alkyl halides is 2. The lowest BCUT2D eigenvalue weighted by Gasteiger charge is -2.38. The van der Waals surface area contributed by atoms with E-state index in [4.69, 9.17) is 16.3 Å². The van der Waals surface area contributed by atoms with E-state index in [-0.39, 0.29) is 65.5 Å². The van der Waals surface area contributed by atoms with E-state index < -0.39 is 28.9 Å². The maximum atomic E-state index is 16.0. The molecule has 0 bridgehead atoms. The minimum Gasteiger partial charge on any atom is -0.507 e. The van der Waals surface area contributed by atoms with Gasteiger partial charge in [-0.15, -0.1) is 0 Å². The highest BCUT2D eigenvalue weighted by Gasteiger charge is 2.43. The van der Waals surface area contributed by atoms with Crippen LogP contribution in [-0.4, -0.2) is 89.1 Å². The number of likely N-dealkylation sites (tertiary alicyclic amines) is 1. The zero-order valence-corrected chi connectivity index (χ0v) is 21.4. The van der Waals surface area contributed by atoms with Gasteiger partial charge in [0.2, 0.25) is 5.91 Å². The Morgan fingerprint density at radius 3 is 2.51 bits per heavy atom. The van der Waals surface area contributed by atoms with Crippen molar-refractivity contribution in [3.05, 3.63) is 53.6 Å². The second kappa shape index (κ2) is 10.5. The molecule has 2 fully saturated rings. The van der Waals surface area contributed by atoms with E-state index >= 15 is 4.39 Å². The molecule has 0 unspecified atom stereocenters. The molecule has 0 spiro atoms. The minimum absolute atomic E-state index is 0.0290. The Bertz CT molecular complexity index is 1420. The lowest BCUT2D eigenvalue weighted by atomic mass is 10.0. The van der Waals surface area contributed by atoms with Gasteiger partial charge in [0.05, 0.1) is 23.7 Å². The van der Waals surface area contributed by atoms with Crippen molar-refractivity contribution < 1.29 is 32.2 Å². The number of phenolic OH excluding ortho intramolecular Hbond substituents is 1. The SMILES string of the molecule is C=CC(=O)N1CCN(c2nc(OCCN3CC(F)(F)C3)nc3c(F)c(-c4c(O)cccc4F)c(Cl)cc23)CC1. The molecule has 8 nitrogen and oxygen atoms in total. The molecule has 0 saturated carbocycles. The molecule has 5 rings (SSSR count). The standard InChI is InChI=1S/C26H24ClF4N5O3/c1-2-19(38)35-6-8-36(9-7-35)24-15-12-16(27)20(21-17(28)4-3-5-18(21)37)22(29)23(15)32-25(33-24)39-11-10-34-13-26(30,31)14-34/h2-5,12,37H,1,6-11,13-14H2. The molecule has 1 N–H and O–H groups in total. The highest BCUT2D eigenvalue weighted by atomic mass is 35.5. The summed E-state index contributed by atoms with van der Waals surface area (Å²) in [4.78, 5) is 25.6. The fourth-order valence-electron chi connectivity index (χ4n) is 4.75. The Kier molecular flexibility index (Phi) is 7.25. The lowest BCUT2D eigenvalue weighted by Crippen LogP contribution is -2.57. The molecular weight excluding hydrogens is 542 g/mol. The van der Waals surface area contributed by atoms with Gasteiger partial charge < -0.3 is 19.6 Å². The molecule has 206 valence electrons. The van der Waals surface area contributed by atoms with Gasteiger partial charge in [-0.25, -0.2) is 17.6 Å². The fraction of sp³-hybridized carbons (Fsp3) is 0.346. The minimum atomic E-state index is -2.72. The highest BCUT2D eigenvalue weighted by molar-refractivity contribution is 6.34. The van der Waals surface area contributed by atoms with Gasteiger partial charge in [0.15, 0.2) is 5.82 Å². The number of nitrogens with zero attached hydrogens (tertiary/aromatic N) is 5. The topological polar surface area (TPSA) is 82.0 Å². The summed E-state index contributed by atoms with van der Waals surface area (Å²) in [6.07, 6.45) is 1.23. The number of benzene rings is 2. The number of fused-ring (bicyclic) bond motifs is 1. The van der Waals surface area contributed by atoms with Crippen LogP contribution in [0.4, 0.5) is 23.4 Å². The van der Waals surface area contributed by atoms with Gasteiger partial charge in [0.25, 0.3) is 5.92 Å². The summed E-state index contributed by atoms with van der Waals surface area (Å²) in [7, 11) is 0. The molecule has 13 heteroatoms. The Hall–Kier alpha value is -3.64. The number of phenols is 1. The monoisotopic (exact) mass is 565 g/mol. The number of piperazine rings is 1. The second-order valence-corrected chi connectivity index (χ2v) is 9.75. The molecule has 2 aliphatic heterocycles. The summed E-state index contributed by atoms with van der Waals surface area (Å²) in [6.45, 7) is 4.31. The van der Waals surface area contributed by atoms with Crippen LogP contribution in [0.5, 0.6) is 11.8 Å². The quantitative estimate of drug-likeness (QED) is 0.341. The third kappa shape index (κ3) is 5.30. The van der Waals surface area contributed by atoms with Crippen LogP contribution in [0.15, 0.2) is 36.9 Å². The Morgan fingerprint density at radius 2 is 1.87 bits per heavy atom. The molecule has 2 aromatic carbocycles.